The molecular weight excluding hydrogens is 326 g/mol. The number of benzene rings is 1. The van der Waals surface area contributed by atoms with Gasteiger partial charge in [-0.25, -0.2) is 0 Å². The number of alkyl halides is 1. The minimum Gasteiger partial charge on any atom is -0.465 e. The van der Waals surface area contributed by atoms with Crippen molar-refractivity contribution < 1.29 is 9.53 Å². The molecule has 0 N–H and O–H groups in total. The predicted molar refractivity (Wildman–Crippen MR) is 69.1 cm³/mol. The molecule has 82 valence electrons. The SMILES string of the molecule is CCOC(=O)C(Cl)Cc1ccccc1I. The van der Waals surface area contributed by atoms with Crippen LogP contribution in [-0.4, -0.2) is 18.0 Å². The fourth-order valence-electron chi connectivity index (χ4n) is 1.17. The van der Waals surface area contributed by atoms with Crippen LogP contribution in [-0.2, 0) is 16.0 Å². The van der Waals surface area contributed by atoms with Crippen LogP contribution in [0.5, 0.6) is 0 Å². The molecule has 1 aromatic rings. The molecule has 0 saturated carbocycles. The van der Waals surface area contributed by atoms with Gasteiger partial charge < -0.3 is 4.74 Å². The van der Waals surface area contributed by atoms with Gasteiger partial charge >= 0.3 is 5.97 Å². The third kappa shape index (κ3) is 3.99. The molecule has 0 spiro atoms. The maximum atomic E-state index is 11.3. The molecule has 0 heterocycles. The van der Waals surface area contributed by atoms with E-state index < -0.39 is 5.38 Å². The van der Waals surface area contributed by atoms with Gasteiger partial charge in [-0.15, -0.1) is 11.6 Å². The van der Waals surface area contributed by atoms with Crippen LogP contribution in [0.2, 0.25) is 0 Å². The normalized spacial score (nSPS) is 12.2. The van der Waals surface area contributed by atoms with Gasteiger partial charge in [-0.3, -0.25) is 4.79 Å². The molecule has 0 radical (unpaired) electrons. The standard InChI is InChI=1S/C11H12ClIO2/c1-2-15-11(14)9(12)7-8-5-3-4-6-10(8)13/h3-6,9H,2,7H2,1H3. The molecule has 1 rings (SSSR count). The monoisotopic (exact) mass is 338 g/mol. The number of esters is 1. The molecule has 0 aliphatic carbocycles. The maximum Gasteiger partial charge on any atom is 0.324 e. The van der Waals surface area contributed by atoms with Crippen molar-refractivity contribution in [2.45, 2.75) is 18.7 Å². The number of hydrogen-bond donors (Lipinski definition) is 0. The van der Waals surface area contributed by atoms with E-state index in [-0.39, 0.29) is 5.97 Å². The van der Waals surface area contributed by atoms with Crippen LogP contribution in [0.1, 0.15) is 12.5 Å². The first kappa shape index (κ1) is 12.8. The molecule has 4 heteroatoms. The lowest BCUT2D eigenvalue weighted by Gasteiger charge is -2.09. The Hall–Kier alpha value is -0.290. The van der Waals surface area contributed by atoms with Crippen LogP contribution in [0.25, 0.3) is 0 Å². The Balaban J connectivity index is 2.62. The number of rotatable bonds is 4. The van der Waals surface area contributed by atoms with E-state index in [0.717, 1.165) is 9.13 Å². The van der Waals surface area contributed by atoms with E-state index in [9.17, 15) is 4.79 Å². The van der Waals surface area contributed by atoms with Crippen molar-refractivity contribution in [2.24, 2.45) is 0 Å². The van der Waals surface area contributed by atoms with E-state index in [1.54, 1.807) is 6.92 Å². The van der Waals surface area contributed by atoms with Crippen molar-refractivity contribution in [2.75, 3.05) is 6.61 Å². The van der Waals surface area contributed by atoms with E-state index in [4.69, 9.17) is 16.3 Å². The van der Waals surface area contributed by atoms with Gasteiger partial charge in [-0.1, -0.05) is 18.2 Å². The highest BCUT2D eigenvalue weighted by molar-refractivity contribution is 14.1. The first-order valence-electron chi connectivity index (χ1n) is 4.69. The third-order valence-corrected chi connectivity index (χ3v) is 3.28. The summed E-state index contributed by atoms with van der Waals surface area (Å²) >= 11 is 8.17. The van der Waals surface area contributed by atoms with E-state index >= 15 is 0 Å². The topological polar surface area (TPSA) is 26.3 Å². The summed E-state index contributed by atoms with van der Waals surface area (Å²) in [5.74, 6) is -0.348. The van der Waals surface area contributed by atoms with E-state index in [2.05, 4.69) is 22.6 Å². The number of hydrogen-bond acceptors (Lipinski definition) is 2. The lowest BCUT2D eigenvalue weighted by Crippen LogP contribution is -2.20. The number of carbonyl (C=O) groups is 1. The molecule has 0 bridgehead atoms. The summed E-state index contributed by atoms with van der Waals surface area (Å²) in [6.45, 7) is 2.14. The number of halogens is 2. The molecule has 15 heavy (non-hydrogen) atoms. The molecule has 1 atom stereocenters. The largest absolute Gasteiger partial charge is 0.465 e. The fourth-order valence-corrected chi connectivity index (χ4v) is 2.01. The van der Waals surface area contributed by atoms with Crippen molar-refractivity contribution in [1.29, 1.82) is 0 Å². The smallest absolute Gasteiger partial charge is 0.324 e. The van der Waals surface area contributed by atoms with Gasteiger partial charge in [0.25, 0.3) is 0 Å². The maximum absolute atomic E-state index is 11.3. The Morgan fingerprint density at radius 1 is 1.53 bits per heavy atom. The summed E-state index contributed by atoms with van der Waals surface area (Å²) in [6.07, 6.45) is 0.513. The molecule has 0 aromatic heterocycles. The van der Waals surface area contributed by atoms with Crippen LogP contribution >= 0.6 is 34.2 Å². The highest BCUT2D eigenvalue weighted by Gasteiger charge is 2.17. The Bertz CT molecular complexity index is 341. The molecule has 0 amide bonds. The molecule has 0 aliphatic rings. The highest BCUT2D eigenvalue weighted by Crippen LogP contribution is 2.16. The molecule has 2 nitrogen and oxygen atoms in total. The van der Waals surface area contributed by atoms with Gasteiger partial charge in [-0.2, -0.15) is 0 Å². The zero-order chi connectivity index (χ0) is 11.3. The lowest BCUT2D eigenvalue weighted by atomic mass is 10.1. The third-order valence-electron chi connectivity index (χ3n) is 1.90. The Kier molecular flexibility index (Phi) is 5.39. The quantitative estimate of drug-likeness (QED) is 0.479. The summed E-state index contributed by atoms with van der Waals surface area (Å²) < 4.78 is 5.96. The predicted octanol–water partition coefficient (Wildman–Crippen LogP) is 3.00. The van der Waals surface area contributed by atoms with Crippen molar-refractivity contribution in [3.8, 4) is 0 Å². The first-order valence-corrected chi connectivity index (χ1v) is 6.20. The minimum absolute atomic E-state index is 0.348. The van der Waals surface area contributed by atoms with Gasteiger partial charge in [-0.05, 0) is 41.1 Å². The first-order chi connectivity index (χ1) is 7.15. The summed E-state index contributed by atoms with van der Waals surface area (Å²) in [6, 6.07) is 7.85. The number of ether oxygens (including phenoxy) is 1. The summed E-state index contributed by atoms with van der Waals surface area (Å²) in [5.41, 5.74) is 1.08. The van der Waals surface area contributed by atoms with Crippen LogP contribution in [0.4, 0.5) is 0 Å². The molecule has 0 fully saturated rings. The molecule has 1 aromatic carbocycles. The van der Waals surface area contributed by atoms with E-state index in [1.165, 1.54) is 0 Å². The van der Waals surface area contributed by atoms with E-state index in [1.807, 2.05) is 24.3 Å². The minimum atomic E-state index is -0.596. The van der Waals surface area contributed by atoms with Gasteiger partial charge in [0.05, 0.1) is 6.61 Å². The molecule has 0 saturated heterocycles. The lowest BCUT2D eigenvalue weighted by molar-refractivity contribution is -0.142. The van der Waals surface area contributed by atoms with Gasteiger partial charge in [0.2, 0.25) is 0 Å². The second-order valence-corrected chi connectivity index (χ2v) is 4.70. The van der Waals surface area contributed by atoms with Crippen LogP contribution in [0.15, 0.2) is 24.3 Å². The van der Waals surface area contributed by atoms with Gasteiger partial charge in [0.1, 0.15) is 5.38 Å². The van der Waals surface area contributed by atoms with E-state index in [0.29, 0.717) is 13.0 Å². The summed E-state index contributed by atoms with van der Waals surface area (Å²) in [7, 11) is 0. The Morgan fingerprint density at radius 2 is 2.20 bits per heavy atom. The van der Waals surface area contributed by atoms with Crippen molar-refractivity contribution in [3.63, 3.8) is 0 Å². The zero-order valence-electron chi connectivity index (χ0n) is 8.37. The summed E-state index contributed by atoms with van der Waals surface area (Å²) in [5, 5.41) is -0.596. The molecule has 0 aliphatic heterocycles. The summed E-state index contributed by atoms with van der Waals surface area (Å²) in [4.78, 5) is 11.3. The number of carbonyl (C=O) groups excluding carboxylic acids is 1. The average molecular weight is 339 g/mol. The molecule has 1 unspecified atom stereocenters. The van der Waals surface area contributed by atoms with Crippen molar-refractivity contribution in [1.82, 2.24) is 0 Å². The van der Waals surface area contributed by atoms with Crippen LogP contribution in [0, 0.1) is 3.57 Å². The second-order valence-electron chi connectivity index (χ2n) is 3.02. The average Bonchev–Trinajstić information content (AvgIpc) is 2.21. The van der Waals surface area contributed by atoms with Crippen LogP contribution in [0.3, 0.4) is 0 Å². The Morgan fingerprint density at radius 3 is 2.80 bits per heavy atom. The zero-order valence-corrected chi connectivity index (χ0v) is 11.3. The second kappa shape index (κ2) is 6.33. The van der Waals surface area contributed by atoms with Crippen molar-refractivity contribution in [3.05, 3.63) is 33.4 Å². The van der Waals surface area contributed by atoms with Gasteiger partial charge in [0, 0.05) is 9.99 Å². The molecular formula is C11H12ClIO2. The highest BCUT2D eigenvalue weighted by atomic mass is 127. The van der Waals surface area contributed by atoms with Crippen LogP contribution < -0.4 is 0 Å². The Labute approximate surface area is 108 Å². The van der Waals surface area contributed by atoms with Gasteiger partial charge in [0.15, 0.2) is 0 Å². The fraction of sp³-hybridized carbons (Fsp3) is 0.364. The van der Waals surface area contributed by atoms with Crippen molar-refractivity contribution >= 4 is 40.2 Å².